The molecule has 2 nitrogen and oxygen atoms in total. The molecule has 3 heteroatoms. The van der Waals surface area contributed by atoms with Crippen molar-refractivity contribution in [2.75, 3.05) is 0 Å². The van der Waals surface area contributed by atoms with E-state index in [1.165, 1.54) is 0 Å². The molecular weight excluding hydrogens is 174 g/mol. The summed E-state index contributed by atoms with van der Waals surface area (Å²) in [6.45, 7) is 2.12. The lowest BCUT2D eigenvalue weighted by molar-refractivity contribution is 0.287. The maximum atomic E-state index is 7.02. The van der Waals surface area contributed by atoms with Crippen molar-refractivity contribution < 1.29 is 4.74 Å². The van der Waals surface area contributed by atoms with Gasteiger partial charge < -0.3 is 4.74 Å². The Labute approximate surface area is 78.5 Å². The Bertz CT molecular complexity index is 236. The molecule has 0 saturated heterocycles. The molecule has 12 heavy (non-hydrogen) atoms. The largest absolute Gasteiger partial charge is 0.477 e. The molecule has 66 valence electrons. The number of hydrogen-bond acceptors (Lipinski definition) is 2. The van der Waals surface area contributed by atoms with E-state index in [4.69, 9.17) is 10.1 Å². The minimum atomic E-state index is 0. The Kier molecular flexibility index (Phi) is 5.13. The van der Waals surface area contributed by atoms with E-state index < -0.39 is 0 Å². The van der Waals surface area contributed by atoms with Crippen LogP contribution in [0.15, 0.2) is 30.3 Å². The van der Waals surface area contributed by atoms with Gasteiger partial charge in [0, 0.05) is 6.92 Å². The van der Waals surface area contributed by atoms with Gasteiger partial charge >= 0.3 is 0 Å². The molecule has 0 aliphatic heterocycles. The van der Waals surface area contributed by atoms with Crippen molar-refractivity contribution in [3.63, 3.8) is 0 Å². The van der Waals surface area contributed by atoms with Gasteiger partial charge in [-0.1, -0.05) is 30.3 Å². The molecule has 0 bridgehead atoms. The van der Waals surface area contributed by atoms with Gasteiger partial charge in [0.1, 0.15) is 6.61 Å². The zero-order valence-electron chi connectivity index (χ0n) is 6.91. The molecule has 0 aliphatic rings. The third-order valence-electron chi connectivity index (χ3n) is 1.30. The van der Waals surface area contributed by atoms with Gasteiger partial charge in [0.05, 0.1) is 0 Å². The van der Waals surface area contributed by atoms with Crippen LogP contribution in [0.1, 0.15) is 12.5 Å². The standard InChI is InChI=1S/C9H11NO.ClH/c1-8(10)11-7-9-5-3-2-4-6-9;/h2-6,10H,7H2,1H3;1H. The van der Waals surface area contributed by atoms with E-state index in [0.717, 1.165) is 5.56 Å². The Hall–Kier alpha value is -1.02. The van der Waals surface area contributed by atoms with Crippen LogP contribution < -0.4 is 0 Å². The quantitative estimate of drug-likeness (QED) is 0.558. The zero-order valence-corrected chi connectivity index (χ0v) is 7.73. The highest BCUT2D eigenvalue weighted by molar-refractivity contribution is 5.85. The second kappa shape index (κ2) is 5.61. The summed E-state index contributed by atoms with van der Waals surface area (Å²) in [6, 6.07) is 9.82. The molecule has 1 N–H and O–H groups in total. The van der Waals surface area contributed by atoms with Crippen LogP contribution in [0.5, 0.6) is 0 Å². The Balaban J connectivity index is 0.00000121. The summed E-state index contributed by atoms with van der Waals surface area (Å²) in [5, 5.41) is 7.02. The molecule has 0 radical (unpaired) electrons. The van der Waals surface area contributed by atoms with E-state index in [1.807, 2.05) is 30.3 Å². The minimum absolute atomic E-state index is 0. The maximum Gasteiger partial charge on any atom is 0.177 e. The molecule has 0 unspecified atom stereocenters. The van der Waals surface area contributed by atoms with Crippen molar-refractivity contribution in [2.45, 2.75) is 13.5 Å². The first-order valence-corrected chi connectivity index (χ1v) is 3.51. The van der Waals surface area contributed by atoms with Crippen LogP contribution in [0.4, 0.5) is 0 Å². The van der Waals surface area contributed by atoms with Gasteiger partial charge in [-0.2, -0.15) is 0 Å². The number of nitrogens with one attached hydrogen (secondary N) is 1. The molecule has 1 aromatic rings. The predicted octanol–water partition coefficient (Wildman–Crippen LogP) is 2.62. The first kappa shape index (κ1) is 11.0. The maximum absolute atomic E-state index is 7.02. The number of rotatable bonds is 2. The first-order chi connectivity index (χ1) is 5.29. The van der Waals surface area contributed by atoms with Gasteiger partial charge in [0.2, 0.25) is 0 Å². The highest BCUT2D eigenvalue weighted by Gasteiger charge is 1.90. The highest BCUT2D eigenvalue weighted by atomic mass is 35.5. The van der Waals surface area contributed by atoms with Gasteiger partial charge in [-0.25, -0.2) is 0 Å². The van der Waals surface area contributed by atoms with Crippen LogP contribution in [0.25, 0.3) is 0 Å². The van der Waals surface area contributed by atoms with Crippen molar-refractivity contribution in [1.29, 1.82) is 5.41 Å². The molecule has 0 atom stereocenters. The zero-order chi connectivity index (χ0) is 8.10. The van der Waals surface area contributed by atoms with E-state index in [0.29, 0.717) is 6.61 Å². The molecule has 0 saturated carbocycles. The van der Waals surface area contributed by atoms with Gasteiger partial charge in [0.25, 0.3) is 0 Å². The Morgan fingerprint density at radius 1 is 1.33 bits per heavy atom. The van der Waals surface area contributed by atoms with Crippen LogP contribution in [-0.2, 0) is 11.3 Å². The first-order valence-electron chi connectivity index (χ1n) is 3.51. The SMILES string of the molecule is CC(=N)OCc1ccccc1.Cl. The van der Waals surface area contributed by atoms with Crippen molar-refractivity contribution in [3.8, 4) is 0 Å². The van der Waals surface area contributed by atoms with Gasteiger partial charge in [-0.05, 0) is 5.56 Å². The number of hydrogen-bond donors (Lipinski definition) is 1. The molecule has 0 fully saturated rings. The lowest BCUT2D eigenvalue weighted by atomic mass is 10.2. The molecule has 1 rings (SSSR count). The lowest BCUT2D eigenvalue weighted by Gasteiger charge is -2.01. The van der Waals surface area contributed by atoms with Crippen molar-refractivity contribution in [2.24, 2.45) is 0 Å². The molecule has 0 aliphatic carbocycles. The third kappa shape index (κ3) is 3.98. The number of benzene rings is 1. The van der Waals surface area contributed by atoms with E-state index >= 15 is 0 Å². The highest BCUT2D eigenvalue weighted by Crippen LogP contribution is 1.99. The number of ether oxygens (including phenoxy) is 1. The van der Waals surface area contributed by atoms with Crippen LogP contribution in [-0.4, -0.2) is 5.90 Å². The van der Waals surface area contributed by atoms with Crippen molar-refractivity contribution >= 4 is 18.3 Å². The second-order valence-corrected chi connectivity index (χ2v) is 2.33. The normalized spacial score (nSPS) is 8.42. The fourth-order valence-electron chi connectivity index (χ4n) is 0.766. The van der Waals surface area contributed by atoms with Gasteiger partial charge in [-0.3, -0.25) is 5.41 Å². The summed E-state index contributed by atoms with van der Waals surface area (Å²) in [5.74, 6) is 0.258. The monoisotopic (exact) mass is 185 g/mol. The third-order valence-corrected chi connectivity index (χ3v) is 1.30. The summed E-state index contributed by atoms with van der Waals surface area (Å²) in [6.07, 6.45) is 0. The Morgan fingerprint density at radius 3 is 2.42 bits per heavy atom. The smallest absolute Gasteiger partial charge is 0.177 e. The summed E-state index contributed by atoms with van der Waals surface area (Å²) in [7, 11) is 0. The molecule has 0 amide bonds. The van der Waals surface area contributed by atoms with Gasteiger partial charge in [-0.15, -0.1) is 12.4 Å². The molecule has 0 heterocycles. The van der Waals surface area contributed by atoms with Crippen LogP contribution >= 0.6 is 12.4 Å². The molecule has 0 spiro atoms. The molecule has 0 aromatic heterocycles. The summed E-state index contributed by atoms with van der Waals surface area (Å²) in [5.41, 5.74) is 1.10. The van der Waals surface area contributed by atoms with E-state index in [1.54, 1.807) is 6.92 Å². The summed E-state index contributed by atoms with van der Waals surface area (Å²) < 4.78 is 5.01. The van der Waals surface area contributed by atoms with Crippen LogP contribution in [0.2, 0.25) is 0 Å². The van der Waals surface area contributed by atoms with E-state index in [-0.39, 0.29) is 18.3 Å². The topological polar surface area (TPSA) is 33.1 Å². The van der Waals surface area contributed by atoms with E-state index in [2.05, 4.69) is 0 Å². The van der Waals surface area contributed by atoms with E-state index in [9.17, 15) is 0 Å². The fourth-order valence-corrected chi connectivity index (χ4v) is 0.766. The van der Waals surface area contributed by atoms with Gasteiger partial charge in [0.15, 0.2) is 5.90 Å². The van der Waals surface area contributed by atoms with Crippen LogP contribution in [0, 0.1) is 5.41 Å². The summed E-state index contributed by atoms with van der Waals surface area (Å²) in [4.78, 5) is 0. The second-order valence-electron chi connectivity index (χ2n) is 2.33. The average Bonchev–Trinajstić information content (AvgIpc) is 2.03. The predicted molar refractivity (Wildman–Crippen MR) is 51.9 cm³/mol. The van der Waals surface area contributed by atoms with Crippen molar-refractivity contribution in [3.05, 3.63) is 35.9 Å². The lowest BCUT2D eigenvalue weighted by Crippen LogP contribution is -1.97. The average molecular weight is 186 g/mol. The fraction of sp³-hybridized carbons (Fsp3) is 0.222. The Morgan fingerprint density at radius 2 is 1.92 bits per heavy atom. The van der Waals surface area contributed by atoms with Crippen molar-refractivity contribution in [1.82, 2.24) is 0 Å². The summed E-state index contributed by atoms with van der Waals surface area (Å²) >= 11 is 0. The molecule has 1 aromatic carbocycles. The molecular formula is C9H12ClNO. The number of halogens is 1. The minimum Gasteiger partial charge on any atom is -0.477 e. The van der Waals surface area contributed by atoms with Crippen LogP contribution in [0.3, 0.4) is 0 Å².